The van der Waals surface area contributed by atoms with Crippen LogP contribution in [0.4, 0.5) is 0 Å². The number of aromatic nitrogens is 1. The molecule has 0 spiro atoms. The van der Waals surface area contributed by atoms with Gasteiger partial charge >= 0.3 is 0 Å². The van der Waals surface area contributed by atoms with Crippen LogP contribution in [0.5, 0.6) is 0 Å². The zero-order valence-electron chi connectivity index (χ0n) is 10.6. The zero-order chi connectivity index (χ0) is 11.4. The summed E-state index contributed by atoms with van der Waals surface area (Å²) in [5.41, 5.74) is 0. The topological polar surface area (TPSA) is 28.2 Å². The highest BCUT2D eigenvalue weighted by Gasteiger charge is 2.17. The van der Waals surface area contributed by atoms with Gasteiger partial charge in [-0.15, -0.1) is 23.7 Å². The monoisotopic (exact) mass is 275 g/mol. The Morgan fingerprint density at radius 3 is 3.00 bits per heavy atom. The molecule has 1 aliphatic heterocycles. The molecule has 0 saturated carbocycles. The van der Waals surface area contributed by atoms with Crippen LogP contribution in [0.2, 0.25) is 0 Å². The van der Waals surface area contributed by atoms with E-state index in [1.807, 2.05) is 17.5 Å². The SMILES string of the molecule is Cc1ncc(CN(C)C2CCCNCC2)s1.Cl. The molecule has 98 valence electrons. The Hall–Kier alpha value is -0.160. The van der Waals surface area contributed by atoms with Crippen molar-refractivity contribution < 1.29 is 0 Å². The normalized spacial score (nSPS) is 21.0. The number of hydrogen-bond donors (Lipinski definition) is 1. The van der Waals surface area contributed by atoms with Gasteiger partial charge in [0.2, 0.25) is 0 Å². The Bertz CT molecular complexity index is 321. The first-order valence-electron chi connectivity index (χ1n) is 6.08. The summed E-state index contributed by atoms with van der Waals surface area (Å²) in [5.74, 6) is 0. The van der Waals surface area contributed by atoms with E-state index in [9.17, 15) is 0 Å². The summed E-state index contributed by atoms with van der Waals surface area (Å²) in [6, 6.07) is 0.734. The van der Waals surface area contributed by atoms with Crippen LogP contribution in [0, 0.1) is 6.92 Å². The molecule has 1 atom stereocenters. The maximum Gasteiger partial charge on any atom is 0.0897 e. The Morgan fingerprint density at radius 1 is 1.47 bits per heavy atom. The fourth-order valence-electron chi connectivity index (χ4n) is 2.29. The third-order valence-corrected chi connectivity index (χ3v) is 4.14. The van der Waals surface area contributed by atoms with E-state index in [1.54, 1.807) is 0 Å². The summed E-state index contributed by atoms with van der Waals surface area (Å²) in [4.78, 5) is 8.19. The van der Waals surface area contributed by atoms with Gasteiger partial charge in [-0.2, -0.15) is 0 Å². The van der Waals surface area contributed by atoms with Crippen molar-refractivity contribution in [1.29, 1.82) is 0 Å². The van der Waals surface area contributed by atoms with E-state index in [0.717, 1.165) is 19.1 Å². The molecule has 5 heteroatoms. The molecular formula is C12H22ClN3S. The first kappa shape index (κ1) is 14.9. The number of nitrogens with one attached hydrogen (secondary N) is 1. The van der Waals surface area contributed by atoms with Gasteiger partial charge in [-0.25, -0.2) is 4.98 Å². The fourth-order valence-corrected chi connectivity index (χ4v) is 3.15. The number of rotatable bonds is 3. The van der Waals surface area contributed by atoms with E-state index in [-0.39, 0.29) is 12.4 Å². The molecular weight excluding hydrogens is 254 g/mol. The van der Waals surface area contributed by atoms with Crippen molar-refractivity contribution in [3.63, 3.8) is 0 Å². The largest absolute Gasteiger partial charge is 0.317 e. The number of hydrogen-bond acceptors (Lipinski definition) is 4. The van der Waals surface area contributed by atoms with Gasteiger partial charge in [-0.05, 0) is 46.3 Å². The van der Waals surface area contributed by atoms with Crippen LogP contribution in [-0.2, 0) is 6.54 Å². The smallest absolute Gasteiger partial charge is 0.0897 e. The molecule has 0 radical (unpaired) electrons. The van der Waals surface area contributed by atoms with Gasteiger partial charge in [0, 0.05) is 23.7 Å². The molecule has 3 nitrogen and oxygen atoms in total. The summed E-state index contributed by atoms with van der Waals surface area (Å²) in [5, 5.41) is 4.64. The summed E-state index contributed by atoms with van der Waals surface area (Å²) in [7, 11) is 2.24. The third-order valence-electron chi connectivity index (χ3n) is 3.24. The molecule has 1 fully saturated rings. The van der Waals surface area contributed by atoms with Gasteiger partial charge in [0.15, 0.2) is 0 Å². The van der Waals surface area contributed by atoms with E-state index < -0.39 is 0 Å². The van der Waals surface area contributed by atoms with Gasteiger partial charge in [0.25, 0.3) is 0 Å². The van der Waals surface area contributed by atoms with Gasteiger partial charge in [-0.3, -0.25) is 4.90 Å². The minimum absolute atomic E-state index is 0. The van der Waals surface area contributed by atoms with Crippen molar-refractivity contribution in [2.75, 3.05) is 20.1 Å². The van der Waals surface area contributed by atoms with Crippen LogP contribution in [0.1, 0.15) is 29.1 Å². The van der Waals surface area contributed by atoms with Crippen molar-refractivity contribution in [1.82, 2.24) is 15.2 Å². The second kappa shape index (κ2) is 7.31. The van der Waals surface area contributed by atoms with E-state index in [2.05, 4.69) is 29.2 Å². The third kappa shape index (κ3) is 4.54. The van der Waals surface area contributed by atoms with Crippen LogP contribution in [0.25, 0.3) is 0 Å². The Labute approximate surface area is 114 Å². The summed E-state index contributed by atoms with van der Waals surface area (Å²) in [6.45, 7) is 5.47. The molecule has 2 heterocycles. The van der Waals surface area contributed by atoms with Crippen molar-refractivity contribution in [3.8, 4) is 0 Å². The number of halogens is 1. The molecule has 1 N–H and O–H groups in total. The highest BCUT2D eigenvalue weighted by Crippen LogP contribution is 2.18. The van der Waals surface area contributed by atoms with Gasteiger partial charge in [0.1, 0.15) is 0 Å². The second-order valence-electron chi connectivity index (χ2n) is 4.60. The minimum Gasteiger partial charge on any atom is -0.317 e. The lowest BCUT2D eigenvalue weighted by molar-refractivity contribution is 0.218. The molecule has 1 aliphatic rings. The lowest BCUT2D eigenvalue weighted by atomic mass is 10.1. The first-order valence-corrected chi connectivity index (χ1v) is 6.89. The van der Waals surface area contributed by atoms with Gasteiger partial charge in [-0.1, -0.05) is 0 Å². The lowest BCUT2D eigenvalue weighted by Crippen LogP contribution is -2.31. The van der Waals surface area contributed by atoms with Crippen molar-refractivity contribution >= 4 is 23.7 Å². The summed E-state index contributed by atoms with van der Waals surface area (Å²) < 4.78 is 0. The van der Waals surface area contributed by atoms with Crippen molar-refractivity contribution in [2.24, 2.45) is 0 Å². The summed E-state index contributed by atoms with van der Waals surface area (Å²) >= 11 is 1.82. The Morgan fingerprint density at radius 2 is 2.29 bits per heavy atom. The zero-order valence-corrected chi connectivity index (χ0v) is 12.2. The molecule has 1 unspecified atom stereocenters. The average molecular weight is 276 g/mol. The van der Waals surface area contributed by atoms with Crippen LogP contribution >= 0.6 is 23.7 Å². The number of thiazole rings is 1. The molecule has 17 heavy (non-hydrogen) atoms. The second-order valence-corrected chi connectivity index (χ2v) is 5.91. The van der Waals surface area contributed by atoms with Crippen LogP contribution in [-0.4, -0.2) is 36.1 Å². The van der Waals surface area contributed by atoms with E-state index in [0.29, 0.717) is 0 Å². The van der Waals surface area contributed by atoms with Crippen LogP contribution < -0.4 is 5.32 Å². The molecule has 0 amide bonds. The van der Waals surface area contributed by atoms with Crippen molar-refractivity contribution in [2.45, 2.75) is 38.8 Å². The van der Waals surface area contributed by atoms with Gasteiger partial charge < -0.3 is 5.32 Å². The standard InChI is InChI=1S/C12H21N3S.ClH/c1-10-14-8-12(16-10)9-15(2)11-4-3-6-13-7-5-11;/h8,11,13H,3-7,9H2,1-2H3;1H. The summed E-state index contributed by atoms with van der Waals surface area (Å²) in [6.07, 6.45) is 5.91. The van der Waals surface area contributed by atoms with E-state index >= 15 is 0 Å². The van der Waals surface area contributed by atoms with E-state index in [1.165, 1.54) is 35.7 Å². The van der Waals surface area contributed by atoms with Crippen LogP contribution in [0.3, 0.4) is 0 Å². The molecule has 0 bridgehead atoms. The molecule has 0 aliphatic carbocycles. The first-order chi connectivity index (χ1) is 7.75. The maximum absolute atomic E-state index is 4.31. The average Bonchev–Trinajstić information content (AvgIpc) is 2.56. The number of aryl methyl sites for hydroxylation is 1. The lowest BCUT2D eigenvalue weighted by Gasteiger charge is -2.26. The molecule has 1 saturated heterocycles. The van der Waals surface area contributed by atoms with Crippen molar-refractivity contribution in [3.05, 3.63) is 16.1 Å². The minimum atomic E-state index is 0. The molecule has 1 aromatic heterocycles. The quantitative estimate of drug-likeness (QED) is 0.919. The fraction of sp³-hybridized carbons (Fsp3) is 0.750. The Balaban J connectivity index is 0.00000144. The highest BCUT2D eigenvalue weighted by atomic mass is 35.5. The molecule has 2 rings (SSSR count). The van der Waals surface area contributed by atoms with E-state index in [4.69, 9.17) is 0 Å². The molecule has 1 aromatic rings. The molecule has 0 aromatic carbocycles. The predicted octanol–water partition coefficient (Wildman–Crippen LogP) is 2.45. The van der Waals surface area contributed by atoms with Gasteiger partial charge in [0.05, 0.1) is 5.01 Å². The highest BCUT2D eigenvalue weighted by molar-refractivity contribution is 7.11. The van der Waals surface area contributed by atoms with Crippen LogP contribution in [0.15, 0.2) is 6.20 Å². The number of nitrogens with zero attached hydrogens (tertiary/aromatic N) is 2. The Kier molecular flexibility index (Phi) is 6.41. The predicted molar refractivity (Wildman–Crippen MR) is 76.1 cm³/mol. The maximum atomic E-state index is 4.31.